The molecule has 2 atom stereocenters. The van der Waals surface area contributed by atoms with Gasteiger partial charge >= 0.3 is 0 Å². The molecule has 2 aromatic heterocycles. The molecule has 2 aliphatic rings. The third-order valence-electron chi connectivity index (χ3n) is 7.52. The molecule has 0 spiro atoms. The molecule has 1 aromatic carbocycles. The summed E-state index contributed by atoms with van der Waals surface area (Å²) in [5, 5.41) is 4.42. The van der Waals surface area contributed by atoms with Crippen molar-refractivity contribution in [1.29, 1.82) is 0 Å². The first-order valence-corrected chi connectivity index (χ1v) is 14.0. The van der Waals surface area contributed by atoms with Crippen LogP contribution in [0.1, 0.15) is 60.5 Å². The Balaban J connectivity index is 1.32. The highest BCUT2D eigenvalue weighted by Crippen LogP contribution is 2.32. The van der Waals surface area contributed by atoms with Crippen molar-refractivity contribution in [3.8, 4) is 0 Å². The van der Waals surface area contributed by atoms with Gasteiger partial charge in [0.2, 0.25) is 10.0 Å². The number of aryl methyl sites for hydroxylation is 1. The van der Waals surface area contributed by atoms with E-state index in [1.807, 2.05) is 36.2 Å². The monoisotopic (exact) mass is 494 g/mol. The van der Waals surface area contributed by atoms with Crippen LogP contribution >= 0.6 is 0 Å². The van der Waals surface area contributed by atoms with Crippen LogP contribution in [0.15, 0.2) is 53.7 Å². The number of pyridine rings is 1. The quantitative estimate of drug-likeness (QED) is 0.541. The van der Waals surface area contributed by atoms with Crippen LogP contribution in [-0.2, 0) is 10.0 Å². The fourth-order valence-corrected chi connectivity index (χ4v) is 7.17. The van der Waals surface area contributed by atoms with Crippen molar-refractivity contribution in [2.75, 3.05) is 26.2 Å². The second-order valence-corrected chi connectivity index (χ2v) is 12.4. The van der Waals surface area contributed by atoms with Crippen molar-refractivity contribution in [3.63, 3.8) is 0 Å². The average Bonchev–Trinajstić information content (AvgIpc) is 3.26. The van der Waals surface area contributed by atoms with E-state index in [1.165, 1.54) is 0 Å². The van der Waals surface area contributed by atoms with Crippen molar-refractivity contribution in [1.82, 2.24) is 18.8 Å². The Labute approximate surface area is 207 Å². The van der Waals surface area contributed by atoms with Gasteiger partial charge in [-0.15, -0.1) is 0 Å². The van der Waals surface area contributed by atoms with E-state index in [-0.39, 0.29) is 11.8 Å². The van der Waals surface area contributed by atoms with Gasteiger partial charge in [-0.1, -0.05) is 31.5 Å². The number of carbonyl (C=O) groups is 1. The highest BCUT2D eigenvalue weighted by Gasteiger charge is 2.31. The van der Waals surface area contributed by atoms with Gasteiger partial charge in [-0.3, -0.25) is 4.79 Å². The van der Waals surface area contributed by atoms with Crippen LogP contribution < -0.4 is 0 Å². The second-order valence-electron chi connectivity index (χ2n) is 10.5. The van der Waals surface area contributed by atoms with E-state index in [9.17, 15) is 13.2 Å². The SMILES string of the molecule is Cc1ccc(S(=O)(=O)N2CCC(c3ccn4ncc(C(=O)N5CC(C)CC(C)C5)c4c3)CC2)cc1. The molecule has 7 nitrogen and oxygen atoms in total. The minimum absolute atomic E-state index is 0.0505. The summed E-state index contributed by atoms with van der Waals surface area (Å²) in [6.45, 7) is 8.90. The zero-order chi connectivity index (χ0) is 24.7. The molecule has 2 aliphatic heterocycles. The largest absolute Gasteiger partial charge is 0.338 e. The first-order valence-electron chi connectivity index (χ1n) is 12.6. The van der Waals surface area contributed by atoms with Gasteiger partial charge in [-0.05, 0) is 73.8 Å². The van der Waals surface area contributed by atoms with Gasteiger partial charge in [-0.2, -0.15) is 9.40 Å². The molecular weight excluding hydrogens is 460 g/mol. The number of sulfonamides is 1. The lowest BCUT2D eigenvalue weighted by Gasteiger charge is -2.34. The normalized spacial score (nSPS) is 22.5. The summed E-state index contributed by atoms with van der Waals surface area (Å²) in [6.07, 6.45) is 6.25. The highest BCUT2D eigenvalue weighted by molar-refractivity contribution is 7.89. The van der Waals surface area contributed by atoms with Gasteiger partial charge in [0.05, 0.1) is 22.2 Å². The van der Waals surface area contributed by atoms with Crippen LogP contribution in [0.2, 0.25) is 0 Å². The predicted molar refractivity (Wildman–Crippen MR) is 136 cm³/mol. The Bertz CT molecular complexity index is 1310. The number of hydrogen-bond donors (Lipinski definition) is 0. The number of carbonyl (C=O) groups excluding carboxylic acids is 1. The summed E-state index contributed by atoms with van der Waals surface area (Å²) in [4.78, 5) is 15.7. The first kappa shape index (κ1) is 24.0. The lowest BCUT2D eigenvalue weighted by Crippen LogP contribution is -2.42. The van der Waals surface area contributed by atoms with Gasteiger partial charge in [0.1, 0.15) is 0 Å². The van der Waals surface area contributed by atoms with Crippen molar-refractivity contribution < 1.29 is 13.2 Å². The molecule has 0 bridgehead atoms. The molecule has 3 aromatic rings. The van der Waals surface area contributed by atoms with Crippen LogP contribution in [0.5, 0.6) is 0 Å². The summed E-state index contributed by atoms with van der Waals surface area (Å²) in [5.74, 6) is 1.30. The van der Waals surface area contributed by atoms with Crippen molar-refractivity contribution in [3.05, 3.63) is 65.5 Å². The summed E-state index contributed by atoms with van der Waals surface area (Å²) < 4.78 is 29.5. The molecule has 2 fully saturated rings. The summed E-state index contributed by atoms with van der Waals surface area (Å²) in [7, 11) is -3.48. The Morgan fingerprint density at radius 1 is 1.00 bits per heavy atom. The van der Waals surface area contributed by atoms with E-state index in [0.717, 1.165) is 49.0 Å². The Kier molecular flexibility index (Phi) is 6.44. The van der Waals surface area contributed by atoms with Gasteiger partial charge in [0, 0.05) is 32.4 Å². The number of benzene rings is 1. The number of fused-ring (bicyclic) bond motifs is 1. The number of nitrogens with zero attached hydrogens (tertiary/aromatic N) is 4. The number of likely N-dealkylation sites (tertiary alicyclic amines) is 1. The smallest absolute Gasteiger partial charge is 0.257 e. The van der Waals surface area contributed by atoms with Crippen LogP contribution in [0.3, 0.4) is 0 Å². The molecule has 186 valence electrons. The molecule has 0 saturated carbocycles. The van der Waals surface area contributed by atoms with E-state index in [2.05, 4.69) is 25.0 Å². The maximum Gasteiger partial charge on any atom is 0.257 e. The van der Waals surface area contributed by atoms with Crippen molar-refractivity contribution in [2.45, 2.75) is 50.8 Å². The number of amides is 1. The third-order valence-corrected chi connectivity index (χ3v) is 9.43. The van der Waals surface area contributed by atoms with Gasteiger partial charge in [0.25, 0.3) is 5.91 Å². The summed E-state index contributed by atoms with van der Waals surface area (Å²) in [5.41, 5.74) is 3.65. The number of hydrogen-bond acceptors (Lipinski definition) is 4. The molecule has 1 amide bonds. The van der Waals surface area contributed by atoms with E-state index in [0.29, 0.717) is 35.4 Å². The van der Waals surface area contributed by atoms with E-state index >= 15 is 0 Å². The average molecular weight is 495 g/mol. The highest BCUT2D eigenvalue weighted by atomic mass is 32.2. The molecule has 35 heavy (non-hydrogen) atoms. The van der Waals surface area contributed by atoms with E-state index in [4.69, 9.17) is 0 Å². The van der Waals surface area contributed by atoms with Crippen molar-refractivity contribution >= 4 is 21.4 Å². The molecule has 5 rings (SSSR count). The van der Waals surface area contributed by atoms with Gasteiger partial charge < -0.3 is 4.90 Å². The first-order chi connectivity index (χ1) is 16.7. The summed E-state index contributed by atoms with van der Waals surface area (Å²) in [6, 6.07) is 11.2. The number of rotatable bonds is 4. The van der Waals surface area contributed by atoms with E-state index in [1.54, 1.807) is 27.2 Å². The van der Waals surface area contributed by atoms with E-state index < -0.39 is 10.0 Å². The predicted octanol–water partition coefficient (Wildman–Crippen LogP) is 4.33. The molecule has 0 aliphatic carbocycles. The zero-order valence-electron chi connectivity index (χ0n) is 20.7. The van der Waals surface area contributed by atoms with Crippen LogP contribution in [0.25, 0.3) is 5.52 Å². The molecule has 0 N–H and O–H groups in total. The van der Waals surface area contributed by atoms with Gasteiger partial charge in [0.15, 0.2) is 0 Å². The maximum absolute atomic E-state index is 13.4. The van der Waals surface area contributed by atoms with Crippen LogP contribution in [-0.4, -0.2) is 59.3 Å². The second kappa shape index (κ2) is 9.39. The van der Waals surface area contributed by atoms with Gasteiger partial charge in [-0.25, -0.2) is 12.9 Å². The lowest BCUT2D eigenvalue weighted by molar-refractivity contribution is 0.0625. The Morgan fingerprint density at radius 2 is 1.66 bits per heavy atom. The fourth-order valence-electron chi connectivity index (χ4n) is 5.70. The van der Waals surface area contributed by atoms with Crippen molar-refractivity contribution in [2.24, 2.45) is 11.8 Å². The minimum Gasteiger partial charge on any atom is -0.338 e. The molecule has 2 unspecified atom stereocenters. The topological polar surface area (TPSA) is 75.0 Å². The number of piperidine rings is 2. The summed E-state index contributed by atoms with van der Waals surface area (Å²) >= 11 is 0. The Hall–Kier alpha value is -2.71. The number of aromatic nitrogens is 2. The van der Waals surface area contributed by atoms with Crippen LogP contribution in [0, 0.1) is 18.8 Å². The fraction of sp³-hybridized carbons (Fsp3) is 0.481. The maximum atomic E-state index is 13.4. The standard InChI is InChI=1S/C27H34N4O3S/c1-19-4-6-24(7-5-19)35(33,34)30-11-8-22(9-12-30)23-10-13-31-26(15-23)25(16-28-31)27(32)29-17-20(2)14-21(3)18-29/h4-7,10,13,15-16,20-22H,8-9,11-12,14,17-18H2,1-3H3. The lowest BCUT2D eigenvalue weighted by atomic mass is 9.90. The molecular formula is C27H34N4O3S. The molecule has 2 saturated heterocycles. The Morgan fingerprint density at radius 3 is 2.31 bits per heavy atom. The van der Waals surface area contributed by atoms with Crippen LogP contribution in [0.4, 0.5) is 0 Å². The molecule has 4 heterocycles. The molecule has 8 heteroatoms. The third kappa shape index (κ3) is 4.74. The molecule has 0 radical (unpaired) electrons. The zero-order valence-corrected chi connectivity index (χ0v) is 21.5. The minimum atomic E-state index is -3.48.